The van der Waals surface area contributed by atoms with Gasteiger partial charge in [-0.25, -0.2) is 0 Å². The molecule has 1 aromatic heterocycles. The van der Waals surface area contributed by atoms with Gasteiger partial charge < -0.3 is 0 Å². The van der Waals surface area contributed by atoms with Crippen LogP contribution in [-0.2, 0) is 7.05 Å². The fourth-order valence-electron chi connectivity index (χ4n) is 1.72. The van der Waals surface area contributed by atoms with E-state index in [-0.39, 0.29) is 5.38 Å². The van der Waals surface area contributed by atoms with Crippen molar-refractivity contribution in [2.75, 3.05) is 0 Å². The zero-order valence-corrected chi connectivity index (χ0v) is 9.47. The van der Waals surface area contributed by atoms with Crippen LogP contribution < -0.4 is 0 Å². The second-order valence-corrected chi connectivity index (χ2v) is 4.51. The molecule has 2 nitrogen and oxygen atoms in total. The quantitative estimate of drug-likeness (QED) is 0.687. The van der Waals surface area contributed by atoms with Gasteiger partial charge in [-0.2, -0.15) is 5.10 Å². The maximum Gasteiger partial charge on any atom is 0.0628 e. The lowest BCUT2D eigenvalue weighted by Gasteiger charge is -2.11. The molecule has 0 radical (unpaired) electrons. The zero-order chi connectivity index (χ0) is 10.0. The summed E-state index contributed by atoms with van der Waals surface area (Å²) >= 11 is 5.95. The molecule has 0 spiro atoms. The number of hydrogen-bond donors (Lipinski definition) is 0. The van der Waals surface area contributed by atoms with Gasteiger partial charge in [0.15, 0.2) is 0 Å². The van der Waals surface area contributed by atoms with Crippen LogP contribution in [0.15, 0.2) is 6.20 Å². The second kappa shape index (κ2) is 4.14. The van der Waals surface area contributed by atoms with E-state index >= 15 is 0 Å². The monoisotopic (exact) mass is 200 g/mol. The molecule has 0 aliphatic heterocycles. The Morgan fingerprint density at radius 1 is 1.54 bits per heavy atom. The minimum absolute atomic E-state index is 0.231. The van der Waals surface area contributed by atoms with Crippen LogP contribution in [0, 0.1) is 6.92 Å². The van der Waals surface area contributed by atoms with Crippen molar-refractivity contribution >= 4 is 11.6 Å². The van der Waals surface area contributed by atoms with Crippen LogP contribution in [-0.4, -0.2) is 15.2 Å². The summed E-state index contributed by atoms with van der Waals surface area (Å²) in [6, 6.07) is 0. The Bertz CT molecular complexity index is 278. The van der Waals surface area contributed by atoms with Crippen molar-refractivity contribution in [3.05, 3.63) is 17.5 Å². The Kier molecular flexibility index (Phi) is 3.37. The molecule has 0 amide bonds. The van der Waals surface area contributed by atoms with Crippen molar-refractivity contribution < 1.29 is 0 Å². The normalized spacial score (nSPS) is 15.8. The smallest absolute Gasteiger partial charge is 0.0628 e. The molecule has 2 atom stereocenters. The number of halogens is 1. The largest absolute Gasteiger partial charge is 0.275 e. The highest BCUT2D eigenvalue weighted by Crippen LogP contribution is 2.24. The molecule has 0 fully saturated rings. The Balaban J connectivity index is 2.76. The van der Waals surface area contributed by atoms with Gasteiger partial charge in [-0.1, -0.05) is 6.92 Å². The molecule has 0 N–H and O–H groups in total. The molecule has 3 heteroatoms. The minimum atomic E-state index is 0.231. The highest BCUT2D eigenvalue weighted by atomic mass is 35.5. The second-order valence-electron chi connectivity index (χ2n) is 3.76. The van der Waals surface area contributed by atoms with Crippen molar-refractivity contribution in [3.63, 3.8) is 0 Å². The van der Waals surface area contributed by atoms with Gasteiger partial charge in [-0.3, -0.25) is 4.68 Å². The summed E-state index contributed by atoms with van der Waals surface area (Å²) in [5, 5.41) is 4.54. The third-order valence-electron chi connectivity index (χ3n) is 2.26. The summed E-state index contributed by atoms with van der Waals surface area (Å²) in [4.78, 5) is 0. The molecule has 74 valence electrons. The average molecular weight is 201 g/mol. The fourth-order valence-corrected chi connectivity index (χ4v) is 1.98. The first-order chi connectivity index (χ1) is 6.00. The van der Waals surface area contributed by atoms with Crippen molar-refractivity contribution in [1.82, 2.24) is 9.78 Å². The molecule has 0 saturated carbocycles. The van der Waals surface area contributed by atoms with Crippen molar-refractivity contribution in [2.24, 2.45) is 7.05 Å². The molecule has 13 heavy (non-hydrogen) atoms. The van der Waals surface area contributed by atoms with E-state index in [2.05, 4.69) is 18.2 Å². The van der Waals surface area contributed by atoms with Gasteiger partial charge >= 0.3 is 0 Å². The first-order valence-corrected chi connectivity index (χ1v) is 5.08. The minimum Gasteiger partial charge on any atom is -0.275 e. The molecule has 1 aromatic rings. The number of nitrogens with zero attached hydrogens (tertiary/aromatic N) is 2. The lowest BCUT2D eigenvalue weighted by Crippen LogP contribution is -2.01. The van der Waals surface area contributed by atoms with E-state index in [1.807, 2.05) is 25.6 Å². The number of alkyl halides is 1. The van der Waals surface area contributed by atoms with E-state index in [0.29, 0.717) is 5.92 Å². The van der Waals surface area contributed by atoms with Crippen LogP contribution in [0.25, 0.3) is 0 Å². The van der Waals surface area contributed by atoms with Crippen LogP contribution in [0.3, 0.4) is 0 Å². The Labute approximate surface area is 84.9 Å². The maximum atomic E-state index is 5.95. The standard InChI is InChI=1S/C10H17ClN2/c1-7(5-8(2)11)10-6-13(4)12-9(10)3/h6-8H,5H2,1-4H3. The van der Waals surface area contributed by atoms with Crippen LogP contribution in [0.5, 0.6) is 0 Å². The first-order valence-electron chi connectivity index (χ1n) is 4.65. The molecule has 0 saturated heterocycles. The predicted octanol–water partition coefficient (Wildman–Crippen LogP) is 2.85. The highest BCUT2D eigenvalue weighted by Gasteiger charge is 2.13. The van der Waals surface area contributed by atoms with Crippen LogP contribution >= 0.6 is 11.6 Å². The molecule has 1 rings (SSSR count). The van der Waals surface area contributed by atoms with Gasteiger partial charge in [0.25, 0.3) is 0 Å². The van der Waals surface area contributed by atoms with Crippen molar-refractivity contribution in [2.45, 2.75) is 38.5 Å². The van der Waals surface area contributed by atoms with E-state index in [0.717, 1.165) is 12.1 Å². The van der Waals surface area contributed by atoms with E-state index in [4.69, 9.17) is 11.6 Å². The van der Waals surface area contributed by atoms with Crippen LogP contribution in [0.1, 0.15) is 37.4 Å². The molecule has 0 aliphatic carbocycles. The lowest BCUT2D eigenvalue weighted by atomic mass is 9.97. The van der Waals surface area contributed by atoms with Gasteiger partial charge in [0.05, 0.1) is 5.69 Å². The van der Waals surface area contributed by atoms with Crippen molar-refractivity contribution in [1.29, 1.82) is 0 Å². The Morgan fingerprint density at radius 2 is 2.15 bits per heavy atom. The summed E-state index contributed by atoms with van der Waals surface area (Å²) < 4.78 is 1.86. The number of hydrogen-bond acceptors (Lipinski definition) is 1. The zero-order valence-electron chi connectivity index (χ0n) is 8.71. The predicted molar refractivity (Wildman–Crippen MR) is 56.3 cm³/mol. The van der Waals surface area contributed by atoms with Gasteiger partial charge in [0, 0.05) is 18.6 Å². The summed E-state index contributed by atoms with van der Waals surface area (Å²) in [7, 11) is 1.95. The average Bonchev–Trinajstić information content (AvgIpc) is 2.28. The summed E-state index contributed by atoms with van der Waals surface area (Å²) in [6.45, 7) is 6.28. The third kappa shape index (κ3) is 2.73. The van der Waals surface area contributed by atoms with E-state index in [1.165, 1.54) is 5.56 Å². The molecule has 0 bridgehead atoms. The SMILES string of the molecule is Cc1nn(C)cc1C(C)CC(C)Cl. The summed E-state index contributed by atoms with van der Waals surface area (Å²) in [5.74, 6) is 0.501. The van der Waals surface area contributed by atoms with Gasteiger partial charge in [-0.15, -0.1) is 11.6 Å². The Morgan fingerprint density at radius 3 is 2.54 bits per heavy atom. The molecule has 1 heterocycles. The van der Waals surface area contributed by atoms with E-state index in [9.17, 15) is 0 Å². The molecular weight excluding hydrogens is 184 g/mol. The Hall–Kier alpha value is -0.500. The van der Waals surface area contributed by atoms with E-state index in [1.54, 1.807) is 0 Å². The van der Waals surface area contributed by atoms with Gasteiger partial charge in [0.2, 0.25) is 0 Å². The summed E-state index contributed by atoms with van der Waals surface area (Å²) in [5.41, 5.74) is 2.43. The first kappa shape index (κ1) is 10.6. The topological polar surface area (TPSA) is 17.8 Å². The maximum absolute atomic E-state index is 5.95. The highest BCUT2D eigenvalue weighted by molar-refractivity contribution is 6.20. The van der Waals surface area contributed by atoms with Crippen molar-refractivity contribution in [3.8, 4) is 0 Å². The van der Waals surface area contributed by atoms with Crippen LogP contribution in [0.2, 0.25) is 0 Å². The van der Waals surface area contributed by atoms with Gasteiger partial charge in [0.1, 0.15) is 0 Å². The molecular formula is C10H17ClN2. The summed E-state index contributed by atoms with van der Waals surface area (Å²) in [6.07, 6.45) is 3.09. The van der Waals surface area contributed by atoms with Gasteiger partial charge in [-0.05, 0) is 31.7 Å². The molecule has 0 aromatic carbocycles. The third-order valence-corrected chi connectivity index (χ3v) is 2.44. The molecule has 0 aliphatic rings. The van der Waals surface area contributed by atoms with Crippen LogP contribution in [0.4, 0.5) is 0 Å². The van der Waals surface area contributed by atoms with E-state index < -0.39 is 0 Å². The molecule has 2 unspecified atom stereocenters. The fraction of sp³-hybridized carbons (Fsp3) is 0.700. The number of aryl methyl sites for hydroxylation is 2. The lowest BCUT2D eigenvalue weighted by molar-refractivity contribution is 0.666. The number of rotatable bonds is 3. The number of aromatic nitrogens is 2.